The van der Waals surface area contributed by atoms with Crippen molar-refractivity contribution in [2.45, 2.75) is 0 Å². The van der Waals surface area contributed by atoms with Gasteiger partial charge in [0.25, 0.3) is 0 Å². The first-order valence-corrected chi connectivity index (χ1v) is 17.1. The molecule has 50 heavy (non-hydrogen) atoms. The van der Waals surface area contributed by atoms with Crippen LogP contribution in [-0.2, 0) is 0 Å². The number of hydrogen-bond donors (Lipinski definition) is 0. The summed E-state index contributed by atoms with van der Waals surface area (Å²) in [6.45, 7) is 0. The smallest absolute Gasteiger partial charge is 0.0998 e. The number of hydrogen-bond acceptors (Lipinski definition) is 1. The fraction of sp³-hybridized carbons (Fsp3) is 0. The molecule has 0 aliphatic heterocycles. The van der Waals surface area contributed by atoms with Crippen molar-refractivity contribution in [3.8, 4) is 72.8 Å². The lowest BCUT2D eigenvalue weighted by Gasteiger charge is -2.20. The molecule has 10 rings (SSSR count). The molecule has 0 radical (unpaired) electrons. The van der Waals surface area contributed by atoms with Gasteiger partial charge in [-0.15, -0.1) is 0 Å². The highest BCUT2D eigenvalue weighted by molar-refractivity contribution is 6.28. The molecule has 0 bridgehead atoms. The second-order valence-electron chi connectivity index (χ2n) is 13.1. The fourth-order valence-electron chi connectivity index (χ4n) is 8.34. The Hall–Kier alpha value is -6.75. The number of benzene rings is 9. The van der Waals surface area contributed by atoms with E-state index in [1.54, 1.807) is 0 Å². The summed E-state index contributed by atoms with van der Waals surface area (Å²) in [6, 6.07) is 65.6. The van der Waals surface area contributed by atoms with Gasteiger partial charge in [-0.2, -0.15) is 5.26 Å². The Morgan fingerprint density at radius 3 is 1.30 bits per heavy atom. The van der Waals surface area contributed by atoms with Crippen LogP contribution in [0.3, 0.4) is 0 Å². The lowest BCUT2D eigenvalue weighted by atomic mass is 9.82. The van der Waals surface area contributed by atoms with Crippen molar-refractivity contribution in [2.24, 2.45) is 0 Å². The van der Waals surface area contributed by atoms with Gasteiger partial charge in [0, 0.05) is 5.39 Å². The second kappa shape index (κ2) is 11.2. The summed E-state index contributed by atoms with van der Waals surface area (Å²) >= 11 is 0. The Labute approximate surface area is 291 Å². The van der Waals surface area contributed by atoms with Gasteiger partial charge in [0.1, 0.15) is 0 Å². The van der Waals surface area contributed by atoms with Crippen LogP contribution < -0.4 is 0 Å². The zero-order valence-electron chi connectivity index (χ0n) is 27.2. The Bertz CT molecular complexity index is 2750. The minimum absolute atomic E-state index is 0.702. The highest BCUT2D eigenvalue weighted by Gasteiger charge is 2.31. The summed E-state index contributed by atoms with van der Waals surface area (Å²) in [4.78, 5) is 0. The Balaban J connectivity index is 1.21. The van der Waals surface area contributed by atoms with Crippen LogP contribution in [0.2, 0.25) is 0 Å². The summed E-state index contributed by atoms with van der Waals surface area (Å²) in [5, 5.41) is 16.9. The maximum absolute atomic E-state index is 9.69. The lowest BCUT2D eigenvalue weighted by Crippen LogP contribution is -1.93. The first kappa shape index (κ1) is 28.3. The van der Waals surface area contributed by atoms with E-state index in [2.05, 4.69) is 158 Å². The topological polar surface area (TPSA) is 23.8 Å². The van der Waals surface area contributed by atoms with Gasteiger partial charge in [-0.05, 0) is 99.8 Å². The predicted octanol–water partition coefficient (Wildman–Crippen LogP) is 13.3. The Kier molecular flexibility index (Phi) is 6.31. The molecule has 0 amide bonds. The molecule has 1 nitrogen and oxygen atoms in total. The molecule has 1 heteroatoms. The van der Waals surface area contributed by atoms with E-state index in [1.165, 1.54) is 77.2 Å². The minimum Gasteiger partial charge on any atom is -0.192 e. The lowest BCUT2D eigenvalue weighted by molar-refractivity contribution is 1.50. The third-order valence-corrected chi connectivity index (χ3v) is 10.5. The van der Waals surface area contributed by atoms with Gasteiger partial charge in [-0.3, -0.25) is 0 Å². The summed E-state index contributed by atoms with van der Waals surface area (Å²) in [7, 11) is 0. The molecule has 0 spiro atoms. The van der Waals surface area contributed by atoms with Crippen molar-refractivity contribution >= 4 is 32.3 Å². The van der Waals surface area contributed by atoms with Gasteiger partial charge in [-0.25, -0.2) is 0 Å². The van der Waals surface area contributed by atoms with E-state index < -0.39 is 0 Å². The van der Waals surface area contributed by atoms with Crippen LogP contribution in [0.4, 0.5) is 0 Å². The normalized spacial score (nSPS) is 11.6. The molecule has 0 atom stereocenters. The molecular weight excluding hydrogens is 603 g/mol. The van der Waals surface area contributed by atoms with E-state index in [0.29, 0.717) is 5.56 Å². The fourth-order valence-corrected chi connectivity index (χ4v) is 8.34. The van der Waals surface area contributed by atoms with Gasteiger partial charge in [0.2, 0.25) is 0 Å². The summed E-state index contributed by atoms with van der Waals surface area (Å²) in [6.07, 6.45) is 0. The van der Waals surface area contributed by atoms with Crippen LogP contribution in [0.25, 0.3) is 99.1 Å². The van der Waals surface area contributed by atoms with Crippen LogP contribution in [0, 0.1) is 11.3 Å². The molecule has 0 heterocycles. The van der Waals surface area contributed by atoms with Gasteiger partial charge in [0.15, 0.2) is 0 Å². The number of nitrogens with zero attached hydrogens (tertiary/aromatic N) is 1. The average molecular weight is 632 g/mol. The maximum Gasteiger partial charge on any atom is 0.0998 e. The molecule has 9 aromatic carbocycles. The highest BCUT2D eigenvalue weighted by atomic mass is 14.3. The maximum atomic E-state index is 9.69. The van der Waals surface area contributed by atoms with Crippen molar-refractivity contribution in [3.05, 3.63) is 181 Å². The molecule has 1 aliphatic rings. The summed E-state index contributed by atoms with van der Waals surface area (Å²) in [5.41, 5.74) is 15.6. The van der Waals surface area contributed by atoms with Crippen molar-refractivity contribution < 1.29 is 0 Å². The van der Waals surface area contributed by atoms with Gasteiger partial charge in [0.05, 0.1) is 11.6 Å². The van der Waals surface area contributed by atoms with Crippen LogP contribution >= 0.6 is 0 Å². The van der Waals surface area contributed by atoms with Crippen molar-refractivity contribution in [1.29, 1.82) is 5.26 Å². The van der Waals surface area contributed by atoms with E-state index in [4.69, 9.17) is 0 Å². The van der Waals surface area contributed by atoms with Gasteiger partial charge in [-0.1, -0.05) is 170 Å². The standard InChI is InChI=1S/C49H29N/c50-30-35-26-27-37(39-17-8-7-16-36(35)39)31-22-24-32(25-23-31)38-28-29-44-47-40(38)20-11-21-43(47)48-45(33-12-3-1-4-13-33)41-18-9-10-19-42(41)46(49(44)48)34-14-5-2-6-15-34/h1-29H. The van der Waals surface area contributed by atoms with E-state index in [9.17, 15) is 5.26 Å². The van der Waals surface area contributed by atoms with Crippen molar-refractivity contribution in [1.82, 2.24) is 0 Å². The summed E-state index contributed by atoms with van der Waals surface area (Å²) in [5.74, 6) is 0. The molecule has 0 fully saturated rings. The molecule has 0 saturated heterocycles. The largest absolute Gasteiger partial charge is 0.192 e. The van der Waals surface area contributed by atoms with Gasteiger partial charge >= 0.3 is 0 Å². The van der Waals surface area contributed by atoms with E-state index in [0.717, 1.165) is 21.9 Å². The zero-order chi connectivity index (χ0) is 33.2. The molecule has 0 saturated carbocycles. The number of fused-ring (bicyclic) bond motifs is 5. The first-order chi connectivity index (χ1) is 24.8. The van der Waals surface area contributed by atoms with Crippen LogP contribution in [-0.4, -0.2) is 0 Å². The van der Waals surface area contributed by atoms with Crippen LogP contribution in [0.15, 0.2) is 176 Å². The van der Waals surface area contributed by atoms with E-state index in [-0.39, 0.29) is 0 Å². The molecule has 230 valence electrons. The Morgan fingerprint density at radius 2 is 0.720 bits per heavy atom. The quantitative estimate of drug-likeness (QED) is 0.190. The molecular formula is C49H29N. The third kappa shape index (κ3) is 4.13. The minimum atomic E-state index is 0.702. The molecule has 0 aromatic heterocycles. The Morgan fingerprint density at radius 1 is 0.280 bits per heavy atom. The second-order valence-corrected chi connectivity index (χ2v) is 13.1. The molecule has 9 aromatic rings. The van der Waals surface area contributed by atoms with Crippen molar-refractivity contribution in [3.63, 3.8) is 0 Å². The van der Waals surface area contributed by atoms with E-state index >= 15 is 0 Å². The predicted molar refractivity (Wildman–Crippen MR) is 210 cm³/mol. The van der Waals surface area contributed by atoms with Crippen molar-refractivity contribution in [2.75, 3.05) is 0 Å². The number of nitriles is 1. The monoisotopic (exact) mass is 631 g/mol. The third-order valence-electron chi connectivity index (χ3n) is 10.5. The highest BCUT2D eigenvalue weighted by Crippen LogP contribution is 2.58. The van der Waals surface area contributed by atoms with E-state index in [1.807, 2.05) is 24.3 Å². The zero-order valence-corrected chi connectivity index (χ0v) is 27.2. The molecule has 1 aliphatic carbocycles. The first-order valence-electron chi connectivity index (χ1n) is 17.1. The number of rotatable bonds is 4. The molecule has 0 unspecified atom stereocenters. The average Bonchev–Trinajstić information content (AvgIpc) is 3.52. The molecule has 0 N–H and O–H groups in total. The van der Waals surface area contributed by atoms with Gasteiger partial charge < -0.3 is 0 Å². The SMILES string of the molecule is N#Cc1ccc(-c2ccc(-c3ccc4c5c(cccc35)-c3c-4c(-c4ccccc4)c4ccccc4c3-c3ccccc3)cc2)c2ccccc12. The van der Waals surface area contributed by atoms with Crippen LogP contribution in [0.5, 0.6) is 0 Å². The van der Waals surface area contributed by atoms with Crippen LogP contribution in [0.1, 0.15) is 5.56 Å². The summed E-state index contributed by atoms with van der Waals surface area (Å²) < 4.78 is 0.